The van der Waals surface area contributed by atoms with Gasteiger partial charge in [0.05, 0.1) is 0 Å². The Hall–Kier alpha value is -3.90. The van der Waals surface area contributed by atoms with Crippen LogP contribution in [0.4, 0.5) is 52.7 Å². The Bertz CT molecular complexity index is 1570. The Labute approximate surface area is 243 Å². The van der Waals surface area contributed by atoms with Crippen molar-refractivity contribution in [3.05, 3.63) is 117 Å². The summed E-state index contributed by atoms with van der Waals surface area (Å²) in [5.41, 5.74) is -5.72. The van der Waals surface area contributed by atoms with E-state index in [0.717, 1.165) is 25.3 Å². The third kappa shape index (κ3) is 6.91. The summed E-state index contributed by atoms with van der Waals surface area (Å²) in [6.45, 7) is 2.00. The van der Waals surface area contributed by atoms with Gasteiger partial charge in [-0.3, -0.25) is 0 Å². The average molecular weight is 638 g/mol. The lowest BCUT2D eigenvalue weighted by Crippen LogP contribution is -2.26. The van der Waals surface area contributed by atoms with Gasteiger partial charge >= 0.3 is 12.3 Å². The summed E-state index contributed by atoms with van der Waals surface area (Å²) in [6, 6.07) is 4.05. The van der Waals surface area contributed by atoms with Crippen molar-refractivity contribution in [2.45, 2.75) is 57.2 Å². The summed E-state index contributed by atoms with van der Waals surface area (Å²) < 4.78 is 174. The number of allylic oxidation sites excluding steroid dienone is 4. The zero-order chi connectivity index (χ0) is 32.6. The second-order valence-corrected chi connectivity index (χ2v) is 10.1. The van der Waals surface area contributed by atoms with Gasteiger partial charge in [0.25, 0.3) is 0 Å². The van der Waals surface area contributed by atoms with E-state index in [2.05, 4.69) is 4.74 Å². The Balaban J connectivity index is 1.60. The minimum absolute atomic E-state index is 0.0331. The van der Waals surface area contributed by atoms with Crippen LogP contribution in [0.1, 0.15) is 66.3 Å². The normalized spacial score (nSPS) is 15.9. The van der Waals surface area contributed by atoms with Gasteiger partial charge in [0.2, 0.25) is 0 Å². The minimum atomic E-state index is -5.53. The van der Waals surface area contributed by atoms with Gasteiger partial charge in [-0.1, -0.05) is 31.9 Å². The van der Waals surface area contributed by atoms with Crippen LogP contribution in [0.5, 0.6) is 5.75 Å². The number of halogens is 12. The van der Waals surface area contributed by atoms with Gasteiger partial charge in [0, 0.05) is 30.0 Å². The molecule has 0 N–H and O–H groups in total. The lowest BCUT2D eigenvalue weighted by Gasteiger charge is -2.23. The number of aryl methyl sites for hydroxylation is 1. The Morgan fingerprint density at radius 3 is 1.84 bits per heavy atom. The third-order valence-corrected chi connectivity index (χ3v) is 6.96. The van der Waals surface area contributed by atoms with E-state index < -0.39 is 93.4 Å². The van der Waals surface area contributed by atoms with Crippen molar-refractivity contribution < 1.29 is 57.4 Å². The molecular weight excluding hydrogens is 616 g/mol. The molecule has 0 saturated heterocycles. The molecule has 0 fully saturated rings. The molecular formula is C31H22F12O. The maximum atomic E-state index is 15.1. The molecule has 236 valence electrons. The highest BCUT2D eigenvalue weighted by atomic mass is 19.4. The molecule has 0 heterocycles. The summed E-state index contributed by atoms with van der Waals surface area (Å²) in [4.78, 5) is 0. The first-order valence-corrected chi connectivity index (χ1v) is 13.2. The average Bonchev–Trinajstić information content (AvgIpc) is 2.86. The van der Waals surface area contributed by atoms with Gasteiger partial charge in [-0.15, -0.1) is 0 Å². The van der Waals surface area contributed by atoms with E-state index in [0.29, 0.717) is 12.0 Å². The van der Waals surface area contributed by atoms with Crippen molar-refractivity contribution in [2.75, 3.05) is 0 Å². The van der Waals surface area contributed by atoms with Gasteiger partial charge < -0.3 is 4.74 Å². The molecule has 1 atom stereocenters. The molecule has 1 aliphatic rings. The maximum Gasteiger partial charge on any atom is 0.432 e. The highest BCUT2D eigenvalue weighted by Gasteiger charge is 2.43. The number of hydrogen-bond donors (Lipinski definition) is 0. The molecule has 0 spiro atoms. The van der Waals surface area contributed by atoms with E-state index in [9.17, 15) is 43.9 Å². The SMILES string of the molecule is CCCCCc1ccc(C2C=C(F)C(c3cc(F)c(C(F)(F)Oc4cc(F)c(C(F)(F)F)c(F)c4)c(F)c3)=C(F)C2)c(F)c1. The second kappa shape index (κ2) is 12.6. The first kappa shape index (κ1) is 33.0. The van der Waals surface area contributed by atoms with E-state index in [1.165, 1.54) is 12.1 Å². The third-order valence-electron chi connectivity index (χ3n) is 6.96. The van der Waals surface area contributed by atoms with Crippen LogP contribution in [0.15, 0.2) is 60.2 Å². The minimum Gasteiger partial charge on any atom is -0.429 e. The van der Waals surface area contributed by atoms with Crippen LogP contribution in [0.25, 0.3) is 5.57 Å². The lowest BCUT2D eigenvalue weighted by atomic mass is 9.85. The van der Waals surface area contributed by atoms with E-state index in [1.54, 1.807) is 6.07 Å². The number of unbranched alkanes of at least 4 members (excludes halogenated alkanes) is 2. The van der Waals surface area contributed by atoms with E-state index >= 15 is 8.78 Å². The van der Waals surface area contributed by atoms with Gasteiger partial charge in [0.15, 0.2) is 0 Å². The van der Waals surface area contributed by atoms with Gasteiger partial charge in [-0.2, -0.15) is 22.0 Å². The molecule has 0 amide bonds. The van der Waals surface area contributed by atoms with Crippen LogP contribution in [-0.2, 0) is 18.7 Å². The van der Waals surface area contributed by atoms with E-state index in [4.69, 9.17) is 0 Å². The first-order chi connectivity index (χ1) is 20.5. The van der Waals surface area contributed by atoms with Gasteiger partial charge in [-0.05, 0) is 53.8 Å². The maximum absolute atomic E-state index is 15.1. The molecule has 4 rings (SSSR count). The van der Waals surface area contributed by atoms with Crippen LogP contribution >= 0.6 is 0 Å². The van der Waals surface area contributed by atoms with Crippen molar-refractivity contribution in [2.24, 2.45) is 0 Å². The largest absolute Gasteiger partial charge is 0.432 e. The van der Waals surface area contributed by atoms with Crippen LogP contribution in [0.2, 0.25) is 0 Å². The smallest absolute Gasteiger partial charge is 0.429 e. The summed E-state index contributed by atoms with van der Waals surface area (Å²) in [5.74, 6) is -14.8. The number of benzene rings is 3. The van der Waals surface area contributed by atoms with Crippen LogP contribution in [0.3, 0.4) is 0 Å². The Kier molecular flexibility index (Phi) is 9.46. The van der Waals surface area contributed by atoms with Crippen molar-refractivity contribution in [3.63, 3.8) is 0 Å². The molecule has 13 heteroatoms. The van der Waals surface area contributed by atoms with Crippen LogP contribution < -0.4 is 4.74 Å². The predicted molar refractivity (Wildman–Crippen MR) is 136 cm³/mol. The summed E-state index contributed by atoms with van der Waals surface area (Å²) in [5, 5.41) is 0. The van der Waals surface area contributed by atoms with Crippen molar-refractivity contribution in [1.82, 2.24) is 0 Å². The summed E-state index contributed by atoms with van der Waals surface area (Å²) in [6.07, 6.45) is -7.05. The molecule has 3 aromatic carbocycles. The fourth-order valence-electron chi connectivity index (χ4n) is 4.92. The van der Waals surface area contributed by atoms with Crippen molar-refractivity contribution >= 4 is 5.57 Å². The topological polar surface area (TPSA) is 9.23 Å². The first-order valence-electron chi connectivity index (χ1n) is 13.2. The quantitative estimate of drug-likeness (QED) is 0.167. The highest BCUT2D eigenvalue weighted by molar-refractivity contribution is 5.80. The zero-order valence-corrected chi connectivity index (χ0v) is 22.7. The number of rotatable bonds is 9. The standard InChI is InChI=1S/C31H22F12O/c1-2-3-4-5-15-6-7-19(20(32)8-15)16-9-21(33)27(22(34)10-16)17-11-23(35)29(24(36)12-17)31(42,43)44-18-13-25(37)28(26(38)14-18)30(39,40)41/h6-9,11-14,16H,2-5,10H2,1H3. The molecule has 0 saturated carbocycles. The fraction of sp³-hybridized carbons (Fsp3) is 0.290. The molecule has 1 unspecified atom stereocenters. The fourth-order valence-corrected chi connectivity index (χ4v) is 4.92. The number of hydrogen-bond acceptors (Lipinski definition) is 1. The van der Waals surface area contributed by atoms with Crippen molar-refractivity contribution in [3.8, 4) is 5.75 Å². The molecule has 3 aromatic rings. The summed E-state index contributed by atoms with van der Waals surface area (Å²) in [7, 11) is 0. The van der Waals surface area contributed by atoms with E-state index in [1.807, 2.05) is 6.92 Å². The molecule has 0 aromatic heterocycles. The van der Waals surface area contributed by atoms with Crippen LogP contribution in [-0.4, -0.2) is 0 Å². The Morgan fingerprint density at radius 2 is 1.32 bits per heavy atom. The predicted octanol–water partition coefficient (Wildman–Crippen LogP) is 11.0. The van der Waals surface area contributed by atoms with Crippen molar-refractivity contribution in [1.29, 1.82) is 0 Å². The Morgan fingerprint density at radius 1 is 0.727 bits per heavy atom. The monoisotopic (exact) mass is 638 g/mol. The second-order valence-electron chi connectivity index (χ2n) is 10.1. The van der Waals surface area contributed by atoms with Gasteiger partial charge in [-0.25, -0.2) is 30.7 Å². The zero-order valence-electron chi connectivity index (χ0n) is 22.7. The number of ether oxygens (including phenoxy) is 1. The highest BCUT2D eigenvalue weighted by Crippen LogP contribution is 2.44. The number of alkyl halides is 5. The van der Waals surface area contributed by atoms with Gasteiger partial charge in [0.1, 0.15) is 57.6 Å². The lowest BCUT2D eigenvalue weighted by molar-refractivity contribution is -0.189. The molecule has 44 heavy (non-hydrogen) atoms. The summed E-state index contributed by atoms with van der Waals surface area (Å²) >= 11 is 0. The molecule has 0 radical (unpaired) electrons. The van der Waals surface area contributed by atoms with Crippen LogP contribution in [0, 0.1) is 29.1 Å². The molecule has 0 aliphatic heterocycles. The van der Waals surface area contributed by atoms with E-state index in [-0.39, 0.29) is 29.8 Å². The molecule has 0 bridgehead atoms. The molecule has 1 nitrogen and oxygen atoms in total. The molecule has 1 aliphatic carbocycles.